The van der Waals surface area contributed by atoms with Crippen molar-refractivity contribution in [1.29, 1.82) is 0 Å². The number of carbonyl (C=O) groups is 2. The second kappa shape index (κ2) is 8.65. The number of nitrogens with one attached hydrogen (secondary N) is 2. The molecule has 2 amide bonds. The van der Waals surface area contributed by atoms with Crippen LogP contribution in [0.5, 0.6) is 0 Å². The number of H-pyrrole nitrogens is 1. The van der Waals surface area contributed by atoms with E-state index in [4.69, 9.17) is 0 Å². The number of fused-ring (bicyclic) bond motifs is 1. The molecule has 6 rings (SSSR count). The maximum Gasteiger partial charge on any atom is 0.275 e. The van der Waals surface area contributed by atoms with Crippen molar-refractivity contribution in [2.24, 2.45) is 5.41 Å². The Hall–Kier alpha value is -4.00. The van der Waals surface area contributed by atoms with E-state index in [2.05, 4.69) is 32.6 Å². The monoisotopic (exact) mass is 465 g/mol. The van der Waals surface area contributed by atoms with E-state index in [1.165, 1.54) is 0 Å². The molecule has 2 aromatic heterocycles. The number of aromatic amines is 1. The fraction of sp³-hybridized carbons (Fsp3) is 0.286. The van der Waals surface area contributed by atoms with Crippen molar-refractivity contribution in [2.45, 2.75) is 31.7 Å². The van der Waals surface area contributed by atoms with Crippen molar-refractivity contribution in [3.63, 3.8) is 0 Å². The van der Waals surface area contributed by atoms with Gasteiger partial charge in [-0.1, -0.05) is 36.4 Å². The topological polar surface area (TPSA) is 91.0 Å². The summed E-state index contributed by atoms with van der Waals surface area (Å²) in [5, 5.41) is 11.4. The molecule has 4 aromatic rings. The van der Waals surface area contributed by atoms with Crippen LogP contribution in [0.3, 0.4) is 0 Å². The molecule has 1 saturated heterocycles. The highest BCUT2D eigenvalue weighted by atomic mass is 16.2. The van der Waals surface area contributed by atoms with Crippen molar-refractivity contribution in [2.75, 3.05) is 13.1 Å². The van der Waals surface area contributed by atoms with Crippen LogP contribution >= 0.6 is 0 Å². The second-order valence-corrected chi connectivity index (χ2v) is 9.85. The van der Waals surface area contributed by atoms with Crippen LogP contribution in [0, 0.1) is 5.41 Å². The fourth-order valence-electron chi connectivity index (χ4n) is 5.51. The van der Waals surface area contributed by atoms with Gasteiger partial charge in [0, 0.05) is 42.3 Å². The average molecular weight is 466 g/mol. The van der Waals surface area contributed by atoms with Crippen LogP contribution in [0.4, 0.5) is 0 Å². The summed E-state index contributed by atoms with van der Waals surface area (Å²) in [6, 6.07) is 20.0. The van der Waals surface area contributed by atoms with Crippen molar-refractivity contribution in [1.82, 2.24) is 25.4 Å². The predicted octanol–water partition coefficient (Wildman–Crippen LogP) is 4.44. The molecule has 1 saturated carbocycles. The van der Waals surface area contributed by atoms with Gasteiger partial charge in [0.25, 0.3) is 11.8 Å². The maximum absolute atomic E-state index is 13.2. The summed E-state index contributed by atoms with van der Waals surface area (Å²) < 4.78 is 0. The van der Waals surface area contributed by atoms with Gasteiger partial charge >= 0.3 is 0 Å². The summed E-state index contributed by atoms with van der Waals surface area (Å²) in [6.45, 7) is 1.51. The fourth-order valence-corrected chi connectivity index (χ4v) is 5.51. The number of aromatic nitrogens is 3. The molecule has 2 aliphatic rings. The molecule has 0 atom stereocenters. The molecule has 2 fully saturated rings. The number of hydrogen-bond acceptors (Lipinski definition) is 4. The highest BCUT2D eigenvalue weighted by Crippen LogP contribution is 2.44. The van der Waals surface area contributed by atoms with Gasteiger partial charge in [-0.05, 0) is 61.1 Å². The highest BCUT2D eigenvalue weighted by Gasteiger charge is 2.47. The summed E-state index contributed by atoms with van der Waals surface area (Å²) in [6.07, 6.45) is 7.14. The number of pyridine rings is 1. The van der Waals surface area contributed by atoms with Gasteiger partial charge in [-0.25, -0.2) is 0 Å². The number of carbonyl (C=O) groups excluding carboxylic acids is 2. The zero-order valence-corrected chi connectivity index (χ0v) is 19.4. The molecule has 1 aliphatic heterocycles. The second-order valence-electron chi connectivity index (χ2n) is 9.85. The van der Waals surface area contributed by atoms with Gasteiger partial charge in [0.15, 0.2) is 5.69 Å². The van der Waals surface area contributed by atoms with Gasteiger partial charge in [0.2, 0.25) is 0 Å². The molecule has 176 valence electrons. The summed E-state index contributed by atoms with van der Waals surface area (Å²) in [4.78, 5) is 31.6. The van der Waals surface area contributed by atoms with E-state index in [9.17, 15) is 9.59 Å². The summed E-state index contributed by atoms with van der Waals surface area (Å²) in [5.74, 6) is -0.0772. The number of rotatable bonds is 4. The lowest BCUT2D eigenvalue weighted by molar-refractivity contribution is -0.0200. The molecule has 2 aromatic carbocycles. The Bertz CT molecular complexity index is 1370. The number of hydrogen-bond donors (Lipinski definition) is 2. The van der Waals surface area contributed by atoms with Gasteiger partial charge in [-0.2, -0.15) is 5.10 Å². The van der Waals surface area contributed by atoms with Crippen LogP contribution < -0.4 is 5.32 Å². The summed E-state index contributed by atoms with van der Waals surface area (Å²) in [5.41, 5.74) is 4.35. The lowest BCUT2D eigenvalue weighted by Gasteiger charge is -2.53. The van der Waals surface area contributed by atoms with E-state index >= 15 is 0 Å². The molecule has 0 radical (unpaired) electrons. The average Bonchev–Trinajstić information content (AvgIpc) is 3.32. The standard InChI is InChI=1S/C28H27N5O2/c34-26(21-7-4-14-29-16-21)30-22-10-12-28(13-11-22)17-33(18-28)27(35)25-23-9-8-20(15-24(23)31-32-25)19-5-2-1-3-6-19/h1-9,14-16,22H,10-13,17-18H2,(H,30,34)(H,31,32). The molecule has 7 nitrogen and oxygen atoms in total. The summed E-state index contributed by atoms with van der Waals surface area (Å²) in [7, 11) is 0. The first-order valence-corrected chi connectivity index (χ1v) is 12.1. The third-order valence-electron chi connectivity index (χ3n) is 7.52. The van der Waals surface area contributed by atoms with E-state index < -0.39 is 0 Å². The van der Waals surface area contributed by atoms with Crippen molar-refractivity contribution in [3.05, 3.63) is 84.3 Å². The summed E-state index contributed by atoms with van der Waals surface area (Å²) >= 11 is 0. The molecule has 3 heterocycles. The number of likely N-dealkylation sites (tertiary alicyclic amines) is 1. The van der Waals surface area contributed by atoms with E-state index in [0.29, 0.717) is 11.3 Å². The van der Waals surface area contributed by atoms with Crippen molar-refractivity contribution in [3.8, 4) is 11.1 Å². The van der Waals surface area contributed by atoms with Gasteiger partial charge in [0.1, 0.15) is 0 Å². The molecule has 1 aliphatic carbocycles. The van der Waals surface area contributed by atoms with Crippen LogP contribution in [0.25, 0.3) is 22.0 Å². The Morgan fingerprint density at radius 3 is 2.51 bits per heavy atom. The molecule has 2 N–H and O–H groups in total. The lowest BCUT2D eigenvalue weighted by atomic mass is 9.67. The Balaban J connectivity index is 1.07. The molecule has 0 unspecified atom stereocenters. The molecule has 35 heavy (non-hydrogen) atoms. The number of nitrogens with zero attached hydrogens (tertiary/aromatic N) is 3. The number of amides is 2. The Labute approximate surface area is 203 Å². The minimum atomic E-state index is -0.0645. The van der Waals surface area contributed by atoms with Gasteiger partial charge < -0.3 is 10.2 Å². The first kappa shape index (κ1) is 21.5. The van der Waals surface area contributed by atoms with Crippen LogP contribution in [0.15, 0.2) is 73.1 Å². The van der Waals surface area contributed by atoms with Crippen molar-refractivity contribution < 1.29 is 9.59 Å². The molecule has 0 bridgehead atoms. The third kappa shape index (κ3) is 4.07. The molecular weight excluding hydrogens is 438 g/mol. The number of benzene rings is 2. The quantitative estimate of drug-likeness (QED) is 0.466. The van der Waals surface area contributed by atoms with Crippen LogP contribution in [0.1, 0.15) is 46.5 Å². The highest BCUT2D eigenvalue weighted by molar-refractivity contribution is 6.05. The third-order valence-corrected chi connectivity index (χ3v) is 7.52. The maximum atomic E-state index is 13.2. The van der Waals surface area contributed by atoms with Crippen LogP contribution in [0.2, 0.25) is 0 Å². The minimum absolute atomic E-state index is 0.0126. The van der Waals surface area contributed by atoms with E-state index in [0.717, 1.165) is 60.8 Å². The molecule has 7 heteroatoms. The smallest absolute Gasteiger partial charge is 0.275 e. The predicted molar refractivity (Wildman–Crippen MR) is 134 cm³/mol. The first-order chi connectivity index (χ1) is 17.1. The first-order valence-electron chi connectivity index (χ1n) is 12.1. The van der Waals surface area contributed by atoms with Gasteiger partial charge in [-0.15, -0.1) is 0 Å². The Kier molecular flexibility index (Phi) is 5.32. The van der Waals surface area contributed by atoms with Crippen LogP contribution in [-0.2, 0) is 0 Å². The zero-order valence-electron chi connectivity index (χ0n) is 19.4. The normalized spacial score (nSPS) is 17.3. The molecular formula is C28H27N5O2. The Morgan fingerprint density at radius 1 is 0.971 bits per heavy atom. The largest absolute Gasteiger partial charge is 0.349 e. The van der Waals surface area contributed by atoms with Gasteiger partial charge in [-0.3, -0.25) is 19.7 Å². The van der Waals surface area contributed by atoms with E-state index in [1.807, 2.05) is 41.3 Å². The van der Waals surface area contributed by atoms with E-state index in [1.54, 1.807) is 24.5 Å². The van der Waals surface area contributed by atoms with Crippen LogP contribution in [-0.4, -0.2) is 51.0 Å². The van der Waals surface area contributed by atoms with Crippen molar-refractivity contribution >= 4 is 22.7 Å². The van der Waals surface area contributed by atoms with E-state index in [-0.39, 0.29) is 23.3 Å². The Morgan fingerprint density at radius 2 is 1.77 bits per heavy atom. The zero-order chi connectivity index (χ0) is 23.8. The SMILES string of the molecule is O=C(NC1CCC2(CC1)CN(C(=O)c1n[nH]c3cc(-c4ccccc4)ccc13)C2)c1cccnc1. The van der Waals surface area contributed by atoms with Gasteiger partial charge in [0.05, 0.1) is 11.1 Å². The lowest BCUT2D eigenvalue weighted by Crippen LogP contribution is -2.60. The minimum Gasteiger partial charge on any atom is -0.349 e. The molecule has 1 spiro atoms.